The second-order valence-electron chi connectivity index (χ2n) is 12.6. The van der Waals surface area contributed by atoms with E-state index in [1.54, 1.807) is 0 Å². The minimum atomic E-state index is -1.95. The van der Waals surface area contributed by atoms with E-state index in [0.29, 0.717) is 0 Å². The molecule has 22 nitrogen and oxygen atoms in total. The Labute approximate surface area is 285 Å². The predicted octanol–water partition coefficient (Wildman–Crippen LogP) is -8.43. The first-order valence-electron chi connectivity index (χ1n) is 15.9. The number of aliphatic hydroxyl groups is 11. The number of hydrogen-bond donors (Lipinski definition) is 13. The summed E-state index contributed by atoms with van der Waals surface area (Å²) >= 11 is 0. The molecule has 4 saturated heterocycles. The third-order valence-corrected chi connectivity index (χ3v) is 8.97. The van der Waals surface area contributed by atoms with Crippen LogP contribution in [0.5, 0.6) is 0 Å². The predicted molar refractivity (Wildman–Crippen MR) is 156 cm³/mol. The number of ether oxygens (including phenoxy) is 7. The molecule has 0 aliphatic carbocycles. The van der Waals surface area contributed by atoms with Crippen LogP contribution in [-0.4, -0.2) is 211 Å². The number of carbonyl (C=O) groups excluding carboxylic acids is 2. The third-order valence-electron chi connectivity index (χ3n) is 8.97. The maximum atomic E-state index is 12.0. The first-order valence-corrected chi connectivity index (χ1v) is 15.9. The molecule has 0 radical (unpaired) electrons. The van der Waals surface area contributed by atoms with Gasteiger partial charge in [-0.05, 0) is 6.92 Å². The minimum absolute atomic E-state index is 0.682. The lowest BCUT2D eigenvalue weighted by Gasteiger charge is -2.51. The van der Waals surface area contributed by atoms with E-state index in [2.05, 4.69) is 10.6 Å². The lowest BCUT2D eigenvalue weighted by atomic mass is 9.94. The van der Waals surface area contributed by atoms with Gasteiger partial charge >= 0.3 is 0 Å². The highest BCUT2D eigenvalue weighted by Gasteiger charge is 2.56. The van der Waals surface area contributed by atoms with Gasteiger partial charge in [0, 0.05) is 13.8 Å². The zero-order chi connectivity index (χ0) is 37.2. The van der Waals surface area contributed by atoms with E-state index in [-0.39, 0.29) is 0 Å². The standard InChI is InChI=1S/C28H48N2O20/c1-7-15(36)20(41)21(42)27(44-7)50-24-23(49-26-14(30-9(3)35)18(39)16(37)10(4-31)46-26)17(38)11(5-32)47-28(24)48-22-12(6-33)45-25(43)13(19(22)40)29-8(2)34/h7,10-28,31-33,36-43H,4-6H2,1-3H3,(H,29,34)(H,30,35)/t7-,10+,11+,12+,13+,14+,15+,16-,17-,18+,19+,20+,21-,22+,23-,24+,25-,26+,27-,28-/m0/s1. The van der Waals surface area contributed by atoms with Gasteiger partial charge in [0.15, 0.2) is 25.2 Å². The fourth-order valence-electron chi connectivity index (χ4n) is 6.27. The van der Waals surface area contributed by atoms with E-state index in [1.165, 1.54) is 6.92 Å². The van der Waals surface area contributed by atoms with E-state index in [4.69, 9.17) is 33.2 Å². The van der Waals surface area contributed by atoms with Crippen LogP contribution in [0.2, 0.25) is 0 Å². The van der Waals surface area contributed by atoms with Gasteiger partial charge in [-0.15, -0.1) is 0 Å². The third kappa shape index (κ3) is 8.70. The van der Waals surface area contributed by atoms with Crippen LogP contribution >= 0.6 is 0 Å². The van der Waals surface area contributed by atoms with E-state index >= 15 is 0 Å². The molecule has 0 spiro atoms. The van der Waals surface area contributed by atoms with Crippen molar-refractivity contribution in [3.63, 3.8) is 0 Å². The van der Waals surface area contributed by atoms with Crippen LogP contribution in [0.3, 0.4) is 0 Å². The molecule has 0 unspecified atom stereocenters. The molecule has 20 atom stereocenters. The molecule has 4 aliphatic heterocycles. The summed E-state index contributed by atoms with van der Waals surface area (Å²) in [6, 6.07) is -3.05. The van der Waals surface area contributed by atoms with Crippen LogP contribution in [0.1, 0.15) is 20.8 Å². The maximum absolute atomic E-state index is 12.0. The first kappa shape index (κ1) is 41.0. The maximum Gasteiger partial charge on any atom is 0.217 e. The van der Waals surface area contributed by atoms with Gasteiger partial charge in [0.05, 0.1) is 25.9 Å². The zero-order valence-electron chi connectivity index (χ0n) is 27.3. The summed E-state index contributed by atoms with van der Waals surface area (Å²) in [5, 5.41) is 120. The second-order valence-corrected chi connectivity index (χ2v) is 12.6. The van der Waals surface area contributed by atoms with Crippen molar-refractivity contribution in [1.82, 2.24) is 10.6 Å². The quantitative estimate of drug-likeness (QED) is 0.0938. The molecule has 4 aliphatic rings. The van der Waals surface area contributed by atoms with Gasteiger partial charge in [-0.1, -0.05) is 0 Å². The Bertz CT molecular complexity index is 1130. The smallest absolute Gasteiger partial charge is 0.217 e. The molecule has 50 heavy (non-hydrogen) atoms. The van der Waals surface area contributed by atoms with Crippen molar-refractivity contribution in [3.05, 3.63) is 0 Å². The number of rotatable bonds is 11. The van der Waals surface area contributed by atoms with Crippen molar-refractivity contribution in [3.8, 4) is 0 Å². The van der Waals surface area contributed by atoms with Gasteiger partial charge in [0.1, 0.15) is 91.4 Å². The largest absolute Gasteiger partial charge is 0.394 e. The molecule has 0 saturated carbocycles. The van der Waals surface area contributed by atoms with Crippen LogP contribution in [0.4, 0.5) is 0 Å². The van der Waals surface area contributed by atoms with E-state index in [9.17, 15) is 65.8 Å². The molecule has 13 N–H and O–H groups in total. The molecular formula is C28H48N2O20. The molecule has 0 aromatic carbocycles. The Kier molecular flexibility index (Phi) is 14.2. The summed E-state index contributed by atoms with van der Waals surface area (Å²) in [4.78, 5) is 23.9. The number of aliphatic hydroxyl groups excluding tert-OH is 11. The summed E-state index contributed by atoms with van der Waals surface area (Å²) in [6.45, 7) is 0.904. The molecule has 0 aromatic rings. The molecule has 0 bridgehead atoms. The summed E-state index contributed by atoms with van der Waals surface area (Å²) in [7, 11) is 0. The number of amides is 2. The summed E-state index contributed by atoms with van der Waals surface area (Å²) in [5.41, 5.74) is 0. The first-order chi connectivity index (χ1) is 23.5. The van der Waals surface area contributed by atoms with Gasteiger partial charge in [0.25, 0.3) is 0 Å². The molecule has 2 amide bonds. The monoisotopic (exact) mass is 732 g/mol. The van der Waals surface area contributed by atoms with Crippen molar-refractivity contribution >= 4 is 11.8 Å². The summed E-state index contributed by atoms with van der Waals surface area (Å²) < 4.78 is 40.3. The molecule has 4 rings (SSSR count). The van der Waals surface area contributed by atoms with Crippen molar-refractivity contribution < 1.29 is 98.9 Å². The Morgan fingerprint density at radius 3 is 1.62 bits per heavy atom. The van der Waals surface area contributed by atoms with Crippen molar-refractivity contribution in [2.24, 2.45) is 0 Å². The highest BCUT2D eigenvalue weighted by molar-refractivity contribution is 5.73. The molecule has 290 valence electrons. The fourth-order valence-corrected chi connectivity index (χ4v) is 6.27. The molecule has 22 heteroatoms. The lowest BCUT2D eigenvalue weighted by Crippen LogP contribution is -2.70. The van der Waals surface area contributed by atoms with Gasteiger partial charge < -0.3 is 100.0 Å². The Hall–Kier alpha value is -1.78. The van der Waals surface area contributed by atoms with E-state index < -0.39 is 154 Å². The second kappa shape index (κ2) is 17.4. The molecular weight excluding hydrogens is 684 g/mol. The van der Waals surface area contributed by atoms with Gasteiger partial charge in [-0.2, -0.15) is 0 Å². The molecule has 4 fully saturated rings. The summed E-state index contributed by atoms with van der Waals surface area (Å²) in [5.74, 6) is -1.40. The number of hydrogen-bond acceptors (Lipinski definition) is 20. The van der Waals surface area contributed by atoms with Gasteiger partial charge in [0.2, 0.25) is 11.8 Å². The summed E-state index contributed by atoms with van der Waals surface area (Å²) in [6.07, 6.45) is -31.0. The highest BCUT2D eigenvalue weighted by atomic mass is 16.8. The highest BCUT2D eigenvalue weighted by Crippen LogP contribution is 2.36. The Morgan fingerprint density at radius 2 is 1.04 bits per heavy atom. The zero-order valence-corrected chi connectivity index (χ0v) is 27.3. The lowest BCUT2D eigenvalue weighted by molar-refractivity contribution is -0.398. The SMILES string of the molecule is CC(=O)N[C@@H]1[C@@H](O)[C@H](O[C@@H]2O[C@H](CO)[C@H](O)[C@H](O[C@H]3O[C@H](CO)[C@H](O)[C@H](O)[C@H]3NC(C)=O)[C@H]2O[C@@H]2O[C@@H](C)[C@@H](O)[C@@H](O)[C@@H]2O)[C@@H](CO)O[C@@H]1O. The van der Waals surface area contributed by atoms with Crippen molar-refractivity contribution in [1.29, 1.82) is 0 Å². The molecule has 0 aromatic heterocycles. The van der Waals surface area contributed by atoms with Crippen LogP contribution in [0, 0.1) is 0 Å². The average Bonchev–Trinajstić information content (AvgIpc) is 3.07. The number of carbonyl (C=O) groups is 2. The number of nitrogens with one attached hydrogen (secondary N) is 2. The average molecular weight is 733 g/mol. The van der Waals surface area contributed by atoms with Crippen LogP contribution in [-0.2, 0) is 42.7 Å². The topological polar surface area (TPSA) is 345 Å². The van der Waals surface area contributed by atoms with Crippen molar-refractivity contribution in [2.45, 2.75) is 143 Å². The normalized spacial score (nSPS) is 48.5. The Morgan fingerprint density at radius 1 is 0.520 bits per heavy atom. The van der Waals surface area contributed by atoms with Gasteiger partial charge in [-0.25, -0.2) is 0 Å². The van der Waals surface area contributed by atoms with E-state index in [1.807, 2.05) is 0 Å². The Balaban J connectivity index is 1.75. The fraction of sp³-hybridized carbons (Fsp3) is 0.929. The minimum Gasteiger partial charge on any atom is -0.394 e. The molecule has 4 heterocycles. The van der Waals surface area contributed by atoms with Crippen LogP contribution < -0.4 is 10.6 Å². The van der Waals surface area contributed by atoms with Crippen LogP contribution in [0.15, 0.2) is 0 Å². The van der Waals surface area contributed by atoms with Crippen LogP contribution in [0.25, 0.3) is 0 Å². The van der Waals surface area contributed by atoms with E-state index in [0.717, 1.165) is 13.8 Å². The van der Waals surface area contributed by atoms with Crippen molar-refractivity contribution in [2.75, 3.05) is 19.8 Å². The van der Waals surface area contributed by atoms with Gasteiger partial charge in [-0.3, -0.25) is 9.59 Å².